The van der Waals surface area contributed by atoms with Crippen LogP contribution in [0.25, 0.3) is 10.9 Å². The molecule has 0 atom stereocenters. The Morgan fingerprint density at radius 1 is 1.22 bits per heavy atom. The van der Waals surface area contributed by atoms with E-state index in [1.807, 2.05) is 18.3 Å². The van der Waals surface area contributed by atoms with Crippen molar-refractivity contribution in [2.24, 2.45) is 0 Å². The molecule has 0 aliphatic heterocycles. The van der Waals surface area contributed by atoms with Crippen LogP contribution in [0.2, 0.25) is 0 Å². The molecule has 2 aromatic rings. The van der Waals surface area contributed by atoms with Gasteiger partial charge in [-0.25, -0.2) is 13.1 Å². The highest BCUT2D eigenvalue weighted by Gasteiger charge is 1.99. The van der Waals surface area contributed by atoms with Crippen molar-refractivity contribution in [2.45, 2.75) is 6.54 Å². The van der Waals surface area contributed by atoms with Crippen molar-refractivity contribution in [3.63, 3.8) is 0 Å². The highest BCUT2D eigenvalue weighted by atomic mass is 32.2. The molecular formula is C12H17N3O2S. The highest BCUT2D eigenvalue weighted by Crippen LogP contribution is 2.13. The molecule has 0 saturated carbocycles. The average molecular weight is 267 g/mol. The zero-order valence-corrected chi connectivity index (χ0v) is 11.0. The Labute approximate surface area is 107 Å². The molecule has 0 saturated heterocycles. The van der Waals surface area contributed by atoms with E-state index in [1.54, 1.807) is 0 Å². The molecule has 0 unspecified atom stereocenters. The van der Waals surface area contributed by atoms with Gasteiger partial charge in [-0.05, 0) is 29.1 Å². The SMILES string of the molecule is CS(=O)(=O)NCCNCc1ccc2[nH]ccc2c1. The number of hydrogen-bond donors (Lipinski definition) is 3. The fraction of sp³-hybridized carbons (Fsp3) is 0.333. The van der Waals surface area contributed by atoms with Gasteiger partial charge in [0.2, 0.25) is 10.0 Å². The summed E-state index contributed by atoms with van der Waals surface area (Å²) in [6, 6.07) is 8.24. The van der Waals surface area contributed by atoms with Crippen LogP contribution in [0.1, 0.15) is 5.56 Å². The van der Waals surface area contributed by atoms with Gasteiger partial charge in [0.1, 0.15) is 0 Å². The minimum atomic E-state index is -3.08. The Bertz CT molecular complexity index is 619. The average Bonchev–Trinajstić information content (AvgIpc) is 2.74. The second kappa shape index (κ2) is 5.51. The monoisotopic (exact) mass is 267 g/mol. The van der Waals surface area contributed by atoms with Gasteiger partial charge >= 0.3 is 0 Å². The summed E-state index contributed by atoms with van der Waals surface area (Å²) in [7, 11) is -3.08. The fourth-order valence-electron chi connectivity index (χ4n) is 1.77. The molecule has 0 bridgehead atoms. The van der Waals surface area contributed by atoms with E-state index in [-0.39, 0.29) is 0 Å². The molecule has 0 radical (unpaired) electrons. The van der Waals surface area contributed by atoms with Crippen molar-refractivity contribution in [3.8, 4) is 0 Å². The Balaban J connectivity index is 1.79. The van der Waals surface area contributed by atoms with Crippen LogP contribution in [0, 0.1) is 0 Å². The van der Waals surface area contributed by atoms with E-state index in [4.69, 9.17) is 0 Å². The minimum Gasteiger partial charge on any atom is -0.361 e. The van der Waals surface area contributed by atoms with Crippen molar-refractivity contribution < 1.29 is 8.42 Å². The Hall–Kier alpha value is -1.37. The molecule has 3 N–H and O–H groups in total. The smallest absolute Gasteiger partial charge is 0.208 e. The largest absolute Gasteiger partial charge is 0.361 e. The molecule has 1 heterocycles. The van der Waals surface area contributed by atoms with Crippen molar-refractivity contribution >= 4 is 20.9 Å². The van der Waals surface area contributed by atoms with Crippen molar-refractivity contribution in [1.82, 2.24) is 15.0 Å². The topological polar surface area (TPSA) is 74.0 Å². The molecule has 0 amide bonds. The number of aromatic amines is 1. The van der Waals surface area contributed by atoms with Crippen LogP contribution in [-0.4, -0.2) is 32.7 Å². The summed E-state index contributed by atoms with van der Waals surface area (Å²) >= 11 is 0. The fourth-order valence-corrected chi connectivity index (χ4v) is 2.24. The Morgan fingerprint density at radius 2 is 2.06 bits per heavy atom. The third-order valence-corrected chi connectivity index (χ3v) is 3.34. The second-order valence-electron chi connectivity index (χ2n) is 4.24. The number of sulfonamides is 1. The maximum absolute atomic E-state index is 10.8. The number of nitrogens with one attached hydrogen (secondary N) is 3. The quantitative estimate of drug-likeness (QED) is 0.678. The van der Waals surface area contributed by atoms with E-state index in [0.29, 0.717) is 13.1 Å². The first-order chi connectivity index (χ1) is 8.54. The first kappa shape index (κ1) is 13.1. The third kappa shape index (κ3) is 3.83. The number of aromatic nitrogens is 1. The lowest BCUT2D eigenvalue weighted by Crippen LogP contribution is -2.30. The lowest BCUT2D eigenvalue weighted by molar-refractivity contribution is 0.582. The molecule has 1 aromatic heterocycles. The zero-order chi connectivity index (χ0) is 13.0. The number of hydrogen-bond acceptors (Lipinski definition) is 3. The molecule has 0 aliphatic carbocycles. The van der Waals surface area contributed by atoms with Crippen LogP contribution in [0.5, 0.6) is 0 Å². The Kier molecular flexibility index (Phi) is 4.00. The maximum atomic E-state index is 10.8. The summed E-state index contributed by atoms with van der Waals surface area (Å²) in [6.45, 7) is 1.75. The standard InChI is InChI=1S/C12H17N3O2S/c1-18(16,17)15-7-6-13-9-10-2-3-12-11(8-10)4-5-14-12/h2-5,8,13-15H,6-7,9H2,1H3. The van der Waals surface area contributed by atoms with E-state index in [1.165, 1.54) is 10.9 Å². The summed E-state index contributed by atoms with van der Waals surface area (Å²) < 4.78 is 24.1. The van der Waals surface area contributed by atoms with E-state index in [2.05, 4.69) is 27.2 Å². The third-order valence-electron chi connectivity index (χ3n) is 2.61. The van der Waals surface area contributed by atoms with Crippen LogP contribution in [-0.2, 0) is 16.6 Å². The summed E-state index contributed by atoms with van der Waals surface area (Å²) in [5.74, 6) is 0. The van der Waals surface area contributed by atoms with Crippen molar-refractivity contribution in [2.75, 3.05) is 19.3 Å². The number of rotatable bonds is 6. The van der Waals surface area contributed by atoms with Crippen molar-refractivity contribution in [1.29, 1.82) is 0 Å². The van der Waals surface area contributed by atoms with E-state index in [9.17, 15) is 8.42 Å². The number of benzene rings is 1. The highest BCUT2D eigenvalue weighted by molar-refractivity contribution is 7.88. The van der Waals surface area contributed by atoms with Crippen LogP contribution in [0.3, 0.4) is 0 Å². The van der Waals surface area contributed by atoms with Gasteiger partial charge in [-0.15, -0.1) is 0 Å². The predicted molar refractivity (Wildman–Crippen MR) is 72.9 cm³/mol. The van der Waals surface area contributed by atoms with Gasteiger partial charge in [0, 0.05) is 31.3 Å². The lowest BCUT2D eigenvalue weighted by atomic mass is 10.1. The molecule has 0 spiro atoms. The number of fused-ring (bicyclic) bond motifs is 1. The summed E-state index contributed by atoms with van der Waals surface area (Å²) in [4.78, 5) is 3.14. The van der Waals surface area contributed by atoms with Gasteiger partial charge in [-0.2, -0.15) is 0 Å². The second-order valence-corrected chi connectivity index (χ2v) is 6.08. The van der Waals surface area contributed by atoms with E-state index >= 15 is 0 Å². The van der Waals surface area contributed by atoms with Crippen LogP contribution < -0.4 is 10.0 Å². The van der Waals surface area contributed by atoms with Crippen LogP contribution >= 0.6 is 0 Å². The van der Waals surface area contributed by atoms with Gasteiger partial charge < -0.3 is 10.3 Å². The molecule has 18 heavy (non-hydrogen) atoms. The lowest BCUT2D eigenvalue weighted by Gasteiger charge is -2.05. The predicted octanol–water partition coefficient (Wildman–Crippen LogP) is 0.807. The van der Waals surface area contributed by atoms with E-state index in [0.717, 1.165) is 18.3 Å². The molecule has 5 nitrogen and oxygen atoms in total. The molecule has 1 aromatic carbocycles. The molecular weight excluding hydrogens is 250 g/mol. The minimum absolute atomic E-state index is 0.408. The first-order valence-electron chi connectivity index (χ1n) is 5.76. The van der Waals surface area contributed by atoms with Gasteiger partial charge in [0.15, 0.2) is 0 Å². The summed E-state index contributed by atoms with van der Waals surface area (Å²) in [6.07, 6.45) is 3.07. The normalized spacial score (nSPS) is 12.1. The molecule has 0 aliphatic rings. The maximum Gasteiger partial charge on any atom is 0.208 e. The molecule has 0 fully saturated rings. The molecule has 98 valence electrons. The summed E-state index contributed by atoms with van der Waals surface area (Å²) in [5.41, 5.74) is 2.30. The van der Waals surface area contributed by atoms with Gasteiger partial charge in [-0.1, -0.05) is 6.07 Å². The Morgan fingerprint density at radius 3 is 2.83 bits per heavy atom. The van der Waals surface area contributed by atoms with Gasteiger partial charge in [0.05, 0.1) is 6.26 Å². The number of H-pyrrole nitrogens is 1. The molecule has 2 rings (SSSR count). The van der Waals surface area contributed by atoms with Gasteiger partial charge in [0.25, 0.3) is 0 Å². The first-order valence-corrected chi connectivity index (χ1v) is 7.65. The van der Waals surface area contributed by atoms with E-state index < -0.39 is 10.0 Å². The zero-order valence-electron chi connectivity index (χ0n) is 10.2. The van der Waals surface area contributed by atoms with Gasteiger partial charge in [-0.3, -0.25) is 0 Å². The molecule has 6 heteroatoms. The summed E-state index contributed by atoms with van der Waals surface area (Å²) in [5, 5.41) is 4.38. The van der Waals surface area contributed by atoms with Crippen LogP contribution in [0.4, 0.5) is 0 Å². The van der Waals surface area contributed by atoms with Crippen molar-refractivity contribution in [3.05, 3.63) is 36.0 Å². The van der Waals surface area contributed by atoms with Crippen LogP contribution in [0.15, 0.2) is 30.5 Å².